The highest BCUT2D eigenvalue weighted by molar-refractivity contribution is 7.89. The molecule has 0 heterocycles. The first-order valence-corrected chi connectivity index (χ1v) is 7.62. The van der Waals surface area contributed by atoms with Crippen LogP contribution in [0.5, 0.6) is 0 Å². The van der Waals surface area contributed by atoms with Gasteiger partial charge in [-0.15, -0.1) is 0 Å². The second-order valence-electron chi connectivity index (χ2n) is 4.55. The van der Waals surface area contributed by atoms with Gasteiger partial charge in [0.15, 0.2) is 0 Å². The molecule has 0 atom stereocenters. The predicted octanol–water partition coefficient (Wildman–Crippen LogP) is 1.15. The number of anilines is 1. The Morgan fingerprint density at radius 3 is 2.60 bits per heavy atom. The number of ether oxygens (including phenoxy) is 1. The van der Waals surface area contributed by atoms with Crippen molar-refractivity contribution in [2.75, 3.05) is 26.4 Å². The Balaban J connectivity index is 2.79. The summed E-state index contributed by atoms with van der Waals surface area (Å²) in [7, 11) is -0.869. The molecule has 0 aromatic heterocycles. The van der Waals surface area contributed by atoms with Crippen LogP contribution >= 0.6 is 0 Å². The molecule has 0 fully saturated rings. The maximum Gasteiger partial charge on any atom is 0.305 e. The Morgan fingerprint density at radius 2 is 2.05 bits per heavy atom. The molecular weight excluding hydrogens is 280 g/mol. The lowest BCUT2D eigenvalue weighted by atomic mass is 10.2. The highest BCUT2D eigenvalue weighted by Gasteiger charge is 2.23. The zero-order valence-corrected chi connectivity index (χ0v) is 12.7. The van der Waals surface area contributed by atoms with Gasteiger partial charge < -0.3 is 10.5 Å². The van der Waals surface area contributed by atoms with Gasteiger partial charge in [0.05, 0.1) is 12.8 Å². The highest BCUT2D eigenvalue weighted by atomic mass is 32.2. The van der Waals surface area contributed by atoms with Crippen LogP contribution in [-0.2, 0) is 19.6 Å². The first-order valence-electron chi connectivity index (χ1n) is 6.18. The number of sulfonamides is 1. The van der Waals surface area contributed by atoms with Gasteiger partial charge in [-0.25, -0.2) is 12.7 Å². The van der Waals surface area contributed by atoms with Crippen molar-refractivity contribution in [3.63, 3.8) is 0 Å². The number of carbonyl (C=O) groups is 1. The summed E-state index contributed by atoms with van der Waals surface area (Å²) in [6.07, 6.45) is 0.577. The van der Waals surface area contributed by atoms with Gasteiger partial charge in [0.2, 0.25) is 10.0 Å². The third kappa shape index (κ3) is 3.94. The number of rotatable bonds is 6. The van der Waals surface area contributed by atoms with Crippen molar-refractivity contribution in [2.45, 2.75) is 24.7 Å². The van der Waals surface area contributed by atoms with Crippen molar-refractivity contribution in [2.24, 2.45) is 0 Å². The quantitative estimate of drug-likeness (QED) is 0.629. The Labute approximate surface area is 119 Å². The first-order chi connectivity index (χ1) is 9.28. The van der Waals surface area contributed by atoms with Crippen molar-refractivity contribution in [3.8, 4) is 0 Å². The molecule has 0 aliphatic carbocycles. The zero-order chi connectivity index (χ0) is 15.3. The fourth-order valence-electron chi connectivity index (χ4n) is 1.74. The van der Waals surface area contributed by atoms with Crippen molar-refractivity contribution in [3.05, 3.63) is 23.8 Å². The van der Waals surface area contributed by atoms with Gasteiger partial charge in [-0.1, -0.05) is 6.07 Å². The maximum atomic E-state index is 12.3. The molecular formula is C13H20N2O4S. The normalized spacial score (nSPS) is 11.6. The van der Waals surface area contributed by atoms with E-state index in [1.165, 1.54) is 24.5 Å². The largest absolute Gasteiger partial charge is 0.469 e. The smallest absolute Gasteiger partial charge is 0.305 e. The van der Waals surface area contributed by atoms with Crippen LogP contribution in [0, 0.1) is 6.92 Å². The number of hydrogen-bond donors (Lipinski definition) is 1. The van der Waals surface area contributed by atoms with Crippen LogP contribution in [0.1, 0.15) is 18.4 Å². The minimum Gasteiger partial charge on any atom is -0.469 e. The van der Waals surface area contributed by atoms with Crippen molar-refractivity contribution >= 4 is 21.7 Å². The average Bonchev–Trinajstić information content (AvgIpc) is 2.37. The molecule has 0 saturated heterocycles. The number of methoxy groups -OCH3 is 1. The SMILES string of the molecule is COC(=O)CCCN(C)S(=O)(=O)c1ccc(C)cc1N. The molecule has 0 bridgehead atoms. The van der Waals surface area contributed by atoms with Gasteiger partial charge in [0.25, 0.3) is 0 Å². The van der Waals surface area contributed by atoms with Gasteiger partial charge in [0, 0.05) is 20.0 Å². The fourth-order valence-corrected chi connectivity index (χ4v) is 3.04. The molecule has 112 valence electrons. The minimum absolute atomic E-state index is 0.0867. The summed E-state index contributed by atoms with van der Waals surface area (Å²) < 4.78 is 30.4. The number of nitrogen functional groups attached to an aromatic ring is 1. The molecule has 1 aromatic carbocycles. The fraction of sp³-hybridized carbons (Fsp3) is 0.462. The highest BCUT2D eigenvalue weighted by Crippen LogP contribution is 2.22. The maximum absolute atomic E-state index is 12.3. The summed E-state index contributed by atoms with van der Waals surface area (Å²) >= 11 is 0. The molecule has 0 radical (unpaired) electrons. The van der Waals surface area contributed by atoms with Crippen LogP contribution in [0.2, 0.25) is 0 Å². The minimum atomic E-state index is -3.63. The van der Waals surface area contributed by atoms with Crippen molar-refractivity contribution in [1.29, 1.82) is 0 Å². The van der Waals surface area contributed by atoms with E-state index < -0.39 is 10.0 Å². The van der Waals surface area contributed by atoms with Gasteiger partial charge in [-0.3, -0.25) is 4.79 Å². The molecule has 6 nitrogen and oxygen atoms in total. The van der Waals surface area contributed by atoms with Crippen molar-refractivity contribution in [1.82, 2.24) is 4.31 Å². The van der Waals surface area contributed by atoms with E-state index in [-0.39, 0.29) is 29.5 Å². The van der Waals surface area contributed by atoms with E-state index in [2.05, 4.69) is 4.74 Å². The molecule has 7 heteroatoms. The molecule has 0 saturated carbocycles. The molecule has 0 aliphatic rings. The number of esters is 1. The van der Waals surface area contributed by atoms with E-state index in [1.54, 1.807) is 12.1 Å². The third-order valence-electron chi connectivity index (χ3n) is 2.94. The van der Waals surface area contributed by atoms with E-state index in [0.29, 0.717) is 6.42 Å². The second-order valence-corrected chi connectivity index (χ2v) is 6.56. The number of benzene rings is 1. The average molecular weight is 300 g/mol. The van der Waals surface area contributed by atoms with Crippen LogP contribution in [0.25, 0.3) is 0 Å². The summed E-state index contributed by atoms with van der Waals surface area (Å²) in [5.74, 6) is -0.356. The standard InChI is InChI=1S/C13H20N2O4S/c1-10-6-7-12(11(14)9-10)20(17,18)15(2)8-4-5-13(16)19-3/h6-7,9H,4-5,8,14H2,1-3H3. The Hall–Kier alpha value is -1.60. The molecule has 1 aromatic rings. The van der Waals surface area contributed by atoms with Crippen LogP contribution in [0.4, 0.5) is 5.69 Å². The number of nitrogens with two attached hydrogens (primary N) is 1. The lowest BCUT2D eigenvalue weighted by Gasteiger charge is -2.18. The van der Waals surface area contributed by atoms with E-state index in [4.69, 9.17) is 5.73 Å². The van der Waals surface area contributed by atoms with Gasteiger partial charge in [0.1, 0.15) is 4.90 Å². The molecule has 1 rings (SSSR count). The van der Waals surface area contributed by atoms with Gasteiger partial charge in [-0.2, -0.15) is 0 Å². The molecule has 0 amide bonds. The lowest BCUT2D eigenvalue weighted by molar-refractivity contribution is -0.140. The lowest BCUT2D eigenvalue weighted by Crippen LogP contribution is -2.29. The van der Waals surface area contributed by atoms with Gasteiger partial charge in [-0.05, 0) is 31.0 Å². The predicted molar refractivity (Wildman–Crippen MR) is 76.7 cm³/mol. The number of nitrogens with zero attached hydrogens (tertiary/aromatic N) is 1. The summed E-state index contributed by atoms with van der Waals surface area (Å²) in [5.41, 5.74) is 6.89. The third-order valence-corrected chi connectivity index (χ3v) is 4.87. The zero-order valence-electron chi connectivity index (χ0n) is 11.9. The van der Waals surface area contributed by atoms with E-state index in [0.717, 1.165) is 5.56 Å². The molecule has 20 heavy (non-hydrogen) atoms. The van der Waals surface area contributed by atoms with Crippen LogP contribution in [0.15, 0.2) is 23.1 Å². The van der Waals surface area contributed by atoms with Crippen molar-refractivity contribution < 1.29 is 17.9 Å². The van der Waals surface area contributed by atoms with Crippen LogP contribution in [0.3, 0.4) is 0 Å². The summed E-state index contributed by atoms with van der Waals surface area (Å²) in [5, 5.41) is 0. The molecule has 0 aliphatic heterocycles. The van der Waals surface area contributed by atoms with Gasteiger partial charge >= 0.3 is 5.97 Å². The molecule has 0 unspecified atom stereocenters. The first kappa shape index (κ1) is 16.5. The number of aryl methyl sites for hydroxylation is 1. The van der Waals surface area contributed by atoms with Crippen LogP contribution in [-0.4, -0.2) is 39.4 Å². The van der Waals surface area contributed by atoms with E-state index in [1.807, 2.05) is 6.92 Å². The van der Waals surface area contributed by atoms with E-state index >= 15 is 0 Å². The number of carbonyl (C=O) groups excluding carboxylic acids is 1. The number of hydrogen-bond acceptors (Lipinski definition) is 5. The molecule has 2 N–H and O–H groups in total. The van der Waals surface area contributed by atoms with E-state index in [9.17, 15) is 13.2 Å². The topological polar surface area (TPSA) is 89.7 Å². The Bertz CT molecular complexity index is 584. The monoisotopic (exact) mass is 300 g/mol. The summed E-state index contributed by atoms with van der Waals surface area (Å²) in [4.78, 5) is 11.1. The van der Waals surface area contributed by atoms with Crippen LogP contribution < -0.4 is 5.73 Å². The summed E-state index contributed by atoms with van der Waals surface area (Å²) in [6.45, 7) is 2.07. The summed E-state index contributed by atoms with van der Waals surface area (Å²) in [6, 6.07) is 4.82. The Kier molecular flexibility index (Phi) is 5.52. The molecule has 0 spiro atoms. The Morgan fingerprint density at radius 1 is 1.40 bits per heavy atom. The second kappa shape index (κ2) is 6.71.